The Hall–Kier alpha value is -3.41. The molecule has 0 aliphatic heterocycles. The molecule has 4 aromatic rings. The van der Waals surface area contributed by atoms with Gasteiger partial charge in [0, 0.05) is 43.4 Å². The van der Waals surface area contributed by atoms with Crippen LogP contribution in [0.5, 0.6) is 5.75 Å². The van der Waals surface area contributed by atoms with E-state index in [0.717, 1.165) is 83.3 Å². The van der Waals surface area contributed by atoms with Gasteiger partial charge in [0.25, 0.3) is 0 Å². The van der Waals surface area contributed by atoms with Crippen molar-refractivity contribution in [3.05, 3.63) is 53.6 Å². The summed E-state index contributed by atoms with van der Waals surface area (Å²) in [5.74, 6) is 1.76. The first kappa shape index (κ1) is 31.5. The second-order valence-electron chi connectivity index (χ2n) is 10.9. The molecule has 5 N–H and O–H groups in total. The minimum absolute atomic E-state index is 0.244. The van der Waals surface area contributed by atoms with Gasteiger partial charge < -0.3 is 30.8 Å². The highest BCUT2D eigenvalue weighted by atomic mass is 32.2. The third-order valence-electron chi connectivity index (χ3n) is 7.94. The molecule has 228 valence electrons. The van der Waals surface area contributed by atoms with Crippen LogP contribution in [-0.2, 0) is 22.9 Å². The van der Waals surface area contributed by atoms with Crippen LogP contribution in [0.15, 0.2) is 42.5 Å². The Balaban J connectivity index is 0.00000129. The lowest BCUT2D eigenvalue weighted by molar-refractivity contribution is 0.318. The molecule has 2 aromatic heterocycles. The largest absolute Gasteiger partial charge is 0.496 e. The summed E-state index contributed by atoms with van der Waals surface area (Å²) in [7, 11) is -1.43. The number of aliphatic hydroxyl groups excluding tert-OH is 1. The highest BCUT2D eigenvalue weighted by molar-refractivity contribution is 7.92. The van der Waals surface area contributed by atoms with Crippen LogP contribution >= 0.6 is 0 Å². The van der Waals surface area contributed by atoms with Gasteiger partial charge in [-0.15, -0.1) is 0 Å². The fourth-order valence-corrected chi connectivity index (χ4v) is 6.93. The lowest BCUT2D eigenvalue weighted by Gasteiger charge is -2.40. The molecule has 0 bridgehead atoms. The standard InChI is InChI=1S/C29H38N6O3S.C2H6O/c1-4-5-15-32-27-26-25(33-28(30)34-27)22-9-6-7-10-23(22)35(26)18-21-16-20(11-12-24(21)38-2)17-31-19-29(13-8-14-29)39(3,36)37;1-2-3/h6-7,9-12,16,31H,4-5,8,13-15,17-19H2,1-3H3,(H3,30,32,33,34);3H,2H2,1H3. The number of benzene rings is 2. The minimum atomic E-state index is -3.11. The van der Waals surface area contributed by atoms with Crippen molar-refractivity contribution in [2.75, 3.05) is 44.1 Å². The number of rotatable bonds is 12. The molecule has 1 aliphatic carbocycles. The van der Waals surface area contributed by atoms with Crippen LogP contribution in [0.2, 0.25) is 0 Å². The Bertz CT molecular complexity index is 1620. The maximum Gasteiger partial charge on any atom is 0.222 e. The number of anilines is 2. The third kappa shape index (κ3) is 6.63. The average Bonchev–Trinajstić information content (AvgIpc) is 3.23. The number of nitrogens with two attached hydrogens (primary N) is 1. The quantitative estimate of drug-likeness (QED) is 0.174. The van der Waals surface area contributed by atoms with Crippen LogP contribution in [0.4, 0.5) is 11.8 Å². The van der Waals surface area contributed by atoms with Gasteiger partial charge in [-0.05, 0) is 49.9 Å². The van der Waals surface area contributed by atoms with Gasteiger partial charge in [0.05, 0.1) is 23.9 Å². The number of hydrogen-bond acceptors (Lipinski definition) is 9. The number of ether oxygens (including phenoxy) is 1. The molecule has 0 atom stereocenters. The fourth-order valence-electron chi connectivity index (χ4n) is 5.54. The van der Waals surface area contributed by atoms with Crippen molar-refractivity contribution >= 4 is 43.5 Å². The molecule has 2 heterocycles. The molecule has 5 rings (SSSR count). The van der Waals surface area contributed by atoms with Crippen molar-refractivity contribution in [3.8, 4) is 5.75 Å². The van der Waals surface area contributed by atoms with E-state index in [2.05, 4.69) is 50.3 Å². The number of aliphatic hydroxyl groups is 1. The summed E-state index contributed by atoms with van der Waals surface area (Å²) in [6, 6.07) is 14.3. The number of sulfone groups is 1. The number of fused-ring (bicyclic) bond motifs is 3. The predicted molar refractivity (Wildman–Crippen MR) is 171 cm³/mol. The lowest BCUT2D eigenvalue weighted by atomic mass is 9.84. The van der Waals surface area contributed by atoms with Crippen LogP contribution in [0.3, 0.4) is 0 Å². The van der Waals surface area contributed by atoms with Gasteiger partial charge in [0.2, 0.25) is 5.95 Å². The number of unbranched alkanes of at least 4 members (excludes halogenated alkanes) is 1. The fraction of sp³-hybridized carbons (Fsp3) is 0.484. The molecule has 1 saturated carbocycles. The monoisotopic (exact) mass is 596 g/mol. The number of nitrogen functional groups attached to an aromatic ring is 1. The average molecular weight is 597 g/mol. The topological polar surface area (TPSA) is 144 Å². The van der Waals surface area contributed by atoms with Gasteiger partial charge in [-0.1, -0.05) is 44.0 Å². The molecule has 0 saturated heterocycles. The van der Waals surface area contributed by atoms with E-state index in [1.807, 2.05) is 24.3 Å². The zero-order valence-corrected chi connectivity index (χ0v) is 25.9. The Labute approximate surface area is 248 Å². The molecule has 0 radical (unpaired) electrons. The first-order chi connectivity index (χ1) is 20.2. The van der Waals surface area contributed by atoms with Crippen LogP contribution in [0, 0.1) is 0 Å². The molecular formula is C31H44N6O4S. The Kier molecular flexibility index (Phi) is 10.3. The van der Waals surface area contributed by atoms with Crippen molar-refractivity contribution in [2.24, 2.45) is 0 Å². The zero-order valence-electron chi connectivity index (χ0n) is 25.1. The Morgan fingerprint density at radius 1 is 1.14 bits per heavy atom. The molecule has 0 spiro atoms. The number of nitrogens with zero attached hydrogens (tertiary/aromatic N) is 3. The summed E-state index contributed by atoms with van der Waals surface area (Å²) in [5.41, 5.74) is 11.0. The van der Waals surface area contributed by atoms with Gasteiger partial charge in [-0.25, -0.2) is 13.4 Å². The second-order valence-corrected chi connectivity index (χ2v) is 13.3. The predicted octanol–water partition coefficient (Wildman–Crippen LogP) is 4.49. The van der Waals surface area contributed by atoms with Crippen molar-refractivity contribution in [1.29, 1.82) is 0 Å². The maximum atomic E-state index is 12.4. The number of para-hydroxylation sites is 1. The van der Waals surface area contributed by atoms with E-state index in [1.54, 1.807) is 14.0 Å². The maximum absolute atomic E-state index is 12.4. The van der Waals surface area contributed by atoms with Gasteiger partial charge in [-0.2, -0.15) is 4.98 Å². The summed E-state index contributed by atoms with van der Waals surface area (Å²) in [6.07, 6.45) is 5.86. The lowest BCUT2D eigenvalue weighted by Crippen LogP contribution is -2.51. The summed E-state index contributed by atoms with van der Waals surface area (Å²) in [4.78, 5) is 9.20. The van der Waals surface area contributed by atoms with E-state index >= 15 is 0 Å². The first-order valence-corrected chi connectivity index (χ1v) is 16.5. The van der Waals surface area contributed by atoms with Crippen LogP contribution in [-0.4, -0.2) is 65.9 Å². The highest BCUT2D eigenvalue weighted by Gasteiger charge is 2.45. The van der Waals surface area contributed by atoms with Crippen LogP contribution in [0.25, 0.3) is 21.9 Å². The number of nitrogens with one attached hydrogen (secondary N) is 2. The van der Waals surface area contributed by atoms with E-state index < -0.39 is 14.6 Å². The summed E-state index contributed by atoms with van der Waals surface area (Å²) >= 11 is 0. The summed E-state index contributed by atoms with van der Waals surface area (Å²) in [6.45, 7) is 6.47. The molecule has 0 unspecified atom stereocenters. The van der Waals surface area contributed by atoms with Crippen LogP contribution < -0.4 is 21.1 Å². The molecule has 1 fully saturated rings. The molecular weight excluding hydrogens is 552 g/mol. The van der Waals surface area contributed by atoms with Crippen molar-refractivity contribution < 1.29 is 18.3 Å². The van der Waals surface area contributed by atoms with E-state index in [1.165, 1.54) is 6.26 Å². The Morgan fingerprint density at radius 2 is 1.88 bits per heavy atom. The third-order valence-corrected chi connectivity index (χ3v) is 10.1. The molecule has 10 nitrogen and oxygen atoms in total. The second kappa shape index (κ2) is 13.7. The summed E-state index contributed by atoms with van der Waals surface area (Å²) in [5, 5.41) is 15.5. The molecule has 2 aromatic carbocycles. The Morgan fingerprint density at radius 3 is 2.52 bits per heavy atom. The van der Waals surface area contributed by atoms with E-state index in [9.17, 15) is 8.42 Å². The molecule has 42 heavy (non-hydrogen) atoms. The smallest absolute Gasteiger partial charge is 0.222 e. The van der Waals surface area contributed by atoms with Gasteiger partial charge in [-0.3, -0.25) is 0 Å². The zero-order chi connectivity index (χ0) is 30.3. The number of methoxy groups -OCH3 is 1. The van der Waals surface area contributed by atoms with Gasteiger partial charge in [0.15, 0.2) is 15.7 Å². The van der Waals surface area contributed by atoms with E-state index in [-0.39, 0.29) is 12.6 Å². The number of aromatic nitrogens is 3. The van der Waals surface area contributed by atoms with Gasteiger partial charge in [0.1, 0.15) is 16.8 Å². The normalized spacial score (nSPS) is 14.3. The molecule has 11 heteroatoms. The molecule has 1 aliphatic rings. The minimum Gasteiger partial charge on any atom is -0.496 e. The highest BCUT2D eigenvalue weighted by Crippen LogP contribution is 2.38. The first-order valence-electron chi connectivity index (χ1n) is 14.6. The van der Waals surface area contributed by atoms with Crippen molar-refractivity contribution in [3.63, 3.8) is 0 Å². The summed E-state index contributed by atoms with van der Waals surface area (Å²) < 4.78 is 32.1. The van der Waals surface area contributed by atoms with E-state index in [0.29, 0.717) is 19.6 Å². The van der Waals surface area contributed by atoms with E-state index in [4.69, 9.17) is 15.6 Å². The molecule has 0 amide bonds. The van der Waals surface area contributed by atoms with Gasteiger partial charge >= 0.3 is 0 Å². The number of hydrogen-bond donors (Lipinski definition) is 4. The van der Waals surface area contributed by atoms with Crippen LogP contribution in [0.1, 0.15) is 57.1 Å². The van der Waals surface area contributed by atoms with Crippen molar-refractivity contribution in [2.45, 2.75) is 63.8 Å². The van der Waals surface area contributed by atoms with Crippen molar-refractivity contribution in [1.82, 2.24) is 19.9 Å². The SMILES string of the molecule is CCCCNc1nc(N)nc2c3ccccc3n(Cc3cc(CNCC4(S(C)(=O)=O)CCC4)ccc3OC)c12.CCO.